The summed E-state index contributed by atoms with van der Waals surface area (Å²) >= 11 is 0. The average Bonchev–Trinajstić information content (AvgIpc) is 2.42. The first-order chi connectivity index (χ1) is 9.78. The van der Waals surface area contributed by atoms with Gasteiger partial charge in [-0.1, -0.05) is 42.0 Å². The van der Waals surface area contributed by atoms with Gasteiger partial charge in [-0.15, -0.1) is 0 Å². The Morgan fingerprint density at radius 3 is 2.85 bits per heavy atom. The first kappa shape index (κ1) is 13.2. The molecule has 20 heavy (non-hydrogen) atoms. The van der Waals surface area contributed by atoms with Gasteiger partial charge in [0, 0.05) is 5.92 Å². The van der Waals surface area contributed by atoms with Crippen LogP contribution in [-0.2, 0) is 12.8 Å². The maximum absolute atomic E-state index is 6.05. The van der Waals surface area contributed by atoms with Crippen LogP contribution in [-0.4, -0.2) is 13.2 Å². The van der Waals surface area contributed by atoms with Crippen molar-refractivity contribution in [2.45, 2.75) is 25.7 Å². The van der Waals surface area contributed by atoms with Crippen LogP contribution in [0, 0.1) is 6.92 Å². The van der Waals surface area contributed by atoms with Crippen LogP contribution >= 0.6 is 0 Å². The summed E-state index contributed by atoms with van der Waals surface area (Å²) in [5.74, 6) is 1.53. The summed E-state index contributed by atoms with van der Waals surface area (Å²) < 4.78 is 6.05. The quantitative estimate of drug-likeness (QED) is 0.902. The third kappa shape index (κ3) is 2.56. The Morgan fingerprint density at radius 1 is 1.20 bits per heavy atom. The Labute approximate surface area is 120 Å². The van der Waals surface area contributed by atoms with Gasteiger partial charge >= 0.3 is 0 Å². The molecule has 2 N–H and O–H groups in total. The molecule has 3 rings (SSSR count). The fourth-order valence-corrected chi connectivity index (χ4v) is 2.90. The zero-order valence-electron chi connectivity index (χ0n) is 11.9. The van der Waals surface area contributed by atoms with Gasteiger partial charge in [0.05, 0.1) is 6.61 Å². The number of fused-ring (bicyclic) bond motifs is 1. The van der Waals surface area contributed by atoms with Crippen molar-refractivity contribution in [3.8, 4) is 5.75 Å². The van der Waals surface area contributed by atoms with Gasteiger partial charge in [0.25, 0.3) is 0 Å². The van der Waals surface area contributed by atoms with Crippen molar-refractivity contribution in [1.82, 2.24) is 0 Å². The highest BCUT2D eigenvalue weighted by atomic mass is 16.5. The van der Waals surface area contributed by atoms with Crippen molar-refractivity contribution >= 4 is 0 Å². The molecule has 0 bridgehead atoms. The van der Waals surface area contributed by atoms with Gasteiger partial charge in [-0.05, 0) is 49.1 Å². The third-order valence-corrected chi connectivity index (χ3v) is 4.03. The number of ether oxygens (including phenoxy) is 1. The fraction of sp³-hybridized carbons (Fsp3) is 0.333. The minimum atomic E-state index is 0.540. The molecule has 0 saturated heterocycles. The standard InChI is InChI=1S/C18H21NO/c1-13-6-7-18(15(10-13)8-9-19)20-12-16-11-14-4-2-3-5-17(14)16/h2-7,10,16H,8-9,11-12,19H2,1H3. The van der Waals surface area contributed by atoms with Gasteiger partial charge in [-0.2, -0.15) is 0 Å². The van der Waals surface area contributed by atoms with E-state index in [1.54, 1.807) is 0 Å². The number of aryl methyl sites for hydroxylation is 1. The molecule has 2 aromatic rings. The molecule has 1 atom stereocenters. The lowest BCUT2D eigenvalue weighted by Gasteiger charge is -2.30. The molecular formula is C18H21NO. The molecule has 0 saturated carbocycles. The zero-order chi connectivity index (χ0) is 13.9. The maximum atomic E-state index is 6.05. The fourth-order valence-electron chi connectivity index (χ4n) is 2.90. The molecule has 0 amide bonds. The Balaban J connectivity index is 1.68. The first-order valence-corrected chi connectivity index (χ1v) is 7.28. The number of hydrogen-bond donors (Lipinski definition) is 1. The summed E-state index contributed by atoms with van der Waals surface area (Å²) in [5.41, 5.74) is 11.1. The van der Waals surface area contributed by atoms with E-state index in [1.165, 1.54) is 22.3 Å². The zero-order valence-corrected chi connectivity index (χ0v) is 11.9. The van der Waals surface area contributed by atoms with Crippen molar-refractivity contribution in [3.05, 3.63) is 64.7 Å². The van der Waals surface area contributed by atoms with Crippen LogP contribution in [0.25, 0.3) is 0 Å². The van der Waals surface area contributed by atoms with Crippen LogP contribution in [0.15, 0.2) is 42.5 Å². The number of rotatable bonds is 5. The Bertz CT molecular complexity index is 606. The van der Waals surface area contributed by atoms with E-state index in [2.05, 4.69) is 49.4 Å². The van der Waals surface area contributed by atoms with Gasteiger partial charge in [-0.3, -0.25) is 0 Å². The van der Waals surface area contributed by atoms with Gasteiger partial charge in [0.1, 0.15) is 5.75 Å². The number of nitrogens with two attached hydrogens (primary N) is 1. The van der Waals surface area contributed by atoms with Crippen LogP contribution in [0.2, 0.25) is 0 Å². The monoisotopic (exact) mass is 267 g/mol. The Morgan fingerprint density at radius 2 is 2.05 bits per heavy atom. The lowest BCUT2D eigenvalue weighted by atomic mass is 9.78. The van der Waals surface area contributed by atoms with E-state index in [9.17, 15) is 0 Å². The lowest BCUT2D eigenvalue weighted by Crippen LogP contribution is -2.23. The second kappa shape index (κ2) is 5.68. The van der Waals surface area contributed by atoms with E-state index >= 15 is 0 Å². The van der Waals surface area contributed by atoms with E-state index in [-0.39, 0.29) is 0 Å². The summed E-state index contributed by atoms with van der Waals surface area (Å²) in [4.78, 5) is 0. The summed E-state index contributed by atoms with van der Waals surface area (Å²) in [6, 6.07) is 15.0. The summed E-state index contributed by atoms with van der Waals surface area (Å²) in [7, 11) is 0. The third-order valence-electron chi connectivity index (χ3n) is 4.03. The summed E-state index contributed by atoms with van der Waals surface area (Å²) in [6.07, 6.45) is 2.01. The van der Waals surface area contributed by atoms with Crippen molar-refractivity contribution in [1.29, 1.82) is 0 Å². The molecule has 104 valence electrons. The van der Waals surface area contributed by atoms with Gasteiger partial charge in [0.2, 0.25) is 0 Å². The number of hydrogen-bond acceptors (Lipinski definition) is 2. The predicted octanol–water partition coefficient (Wildman–Crippen LogP) is 3.21. The molecule has 1 unspecified atom stereocenters. The molecule has 1 aliphatic carbocycles. The minimum absolute atomic E-state index is 0.540. The Hall–Kier alpha value is -1.80. The van der Waals surface area contributed by atoms with Crippen LogP contribution < -0.4 is 10.5 Å². The van der Waals surface area contributed by atoms with Crippen molar-refractivity contribution in [2.75, 3.05) is 13.2 Å². The maximum Gasteiger partial charge on any atom is 0.122 e. The van der Waals surface area contributed by atoms with E-state index in [4.69, 9.17) is 10.5 Å². The molecule has 0 spiro atoms. The van der Waals surface area contributed by atoms with Crippen LogP contribution in [0.3, 0.4) is 0 Å². The van der Waals surface area contributed by atoms with Gasteiger partial charge in [0.15, 0.2) is 0 Å². The van der Waals surface area contributed by atoms with Crippen molar-refractivity contribution < 1.29 is 4.74 Å². The largest absolute Gasteiger partial charge is 0.493 e. The van der Waals surface area contributed by atoms with E-state index in [0.717, 1.165) is 25.2 Å². The molecule has 2 aromatic carbocycles. The smallest absolute Gasteiger partial charge is 0.122 e. The second-order valence-corrected chi connectivity index (χ2v) is 5.56. The van der Waals surface area contributed by atoms with Crippen LogP contribution in [0.1, 0.15) is 28.2 Å². The normalized spacial score (nSPS) is 16.4. The highest BCUT2D eigenvalue weighted by Gasteiger charge is 2.26. The molecule has 0 aromatic heterocycles. The highest BCUT2D eigenvalue weighted by molar-refractivity contribution is 5.41. The molecule has 1 aliphatic rings. The molecule has 0 heterocycles. The number of benzene rings is 2. The lowest BCUT2D eigenvalue weighted by molar-refractivity contribution is 0.273. The first-order valence-electron chi connectivity index (χ1n) is 7.28. The van der Waals surface area contributed by atoms with Crippen LogP contribution in [0.5, 0.6) is 5.75 Å². The van der Waals surface area contributed by atoms with Gasteiger partial charge < -0.3 is 10.5 Å². The summed E-state index contributed by atoms with van der Waals surface area (Å²) in [5, 5.41) is 0. The molecule has 0 fully saturated rings. The average molecular weight is 267 g/mol. The topological polar surface area (TPSA) is 35.2 Å². The molecule has 0 aliphatic heterocycles. The predicted molar refractivity (Wildman–Crippen MR) is 82.3 cm³/mol. The second-order valence-electron chi connectivity index (χ2n) is 5.56. The molecule has 0 radical (unpaired) electrons. The Kier molecular flexibility index (Phi) is 3.75. The van der Waals surface area contributed by atoms with Crippen LogP contribution in [0.4, 0.5) is 0 Å². The summed E-state index contributed by atoms with van der Waals surface area (Å²) in [6.45, 7) is 3.52. The van der Waals surface area contributed by atoms with Gasteiger partial charge in [-0.25, -0.2) is 0 Å². The van der Waals surface area contributed by atoms with Crippen molar-refractivity contribution in [3.63, 3.8) is 0 Å². The van der Waals surface area contributed by atoms with E-state index in [1.807, 2.05) is 0 Å². The molecule has 2 heteroatoms. The minimum Gasteiger partial charge on any atom is -0.493 e. The highest BCUT2D eigenvalue weighted by Crippen LogP contribution is 2.35. The molecular weight excluding hydrogens is 246 g/mol. The van der Waals surface area contributed by atoms with Crippen molar-refractivity contribution in [2.24, 2.45) is 5.73 Å². The SMILES string of the molecule is Cc1ccc(OCC2Cc3ccccc32)c(CCN)c1. The van der Waals surface area contributed by atoms with E-state index < -0.39 is 0 Å². The molecule has 2 nitrogen and oxygen atoms in total. The van der Waals surface area contributed by atoms with E-state index in [0.29, 0.717) is 12.5 Å².